The number of nitro groups is 1. The van der Waals surface area contributed by atoms with Crippen molar-refractivity contribution in [2.24, 2.45) is 0 Å². The Morgan fingerprint density at radius 2 is 2.15 bits per heavy atom. The van der Waals surface area contributed by atoms with Gasteiger partial charge in [0, 0.05) is 23.2 Å². The van der Waals surface area contributed by atoms with Crippen LogP contribution in [0.2, 0.25) is 5.02 Å². The molecule has 0 saturated carbocycles. The Hall–Kier alpha value is -2.21. The highest BCUT2D eigenvalue weighted by Gasteiger charge is 2.20. The summed E-state index contributed by atoms with van der Waals surface area (Å²) in [6, 6.07) is 6.73. The van der Waals surface area contributed by atoms with Gasteiger partial charge in [-0.3, -0.25) is 10.1 Å². The predicted molar refractivity (Wildman–Crippen MR) is 75.5 cm³/mol. The molecule has 0 radical (unpaired) electrons. The van der Waals surface area contributed by atoms with Gasteiger partial charge in [0.15, 0.2) is 5.69 Å². The minimum absolute atomic E-state index is 0.0254. The molecule has 2 aromatic rings. The number of rotatable bonds is 4. The van der Waals surface area contributed by atoms with Crippen LogP contribution in [0.1, 0.15) is 6.92 Å². The van der Waals surface area contributed by atoms with Gasteiger partial charge in [0.05, 0.1) is 4.92 Å². The molecule has 0 spiro atoms. The van der Waals surface area contributed by atoms with Crippen molar-refractivity contribution in [3.8, 4) is 11.3 Å². The fourth-order valence-corrected chi connectivity index (χ4v) is 1.92. The second kappa shape index (κ2) is 5.83. The molecular formula is C13H11ClFN3O2. The number of halogens is 2. The highest BCUT2D eigenvalue weighted by molar-refractivity contribution is 6.30. The Bertz CT molecular complexity index is 664. The lowest BCUT2D eigenvalue weighted by Crippen LogP contribution is -2.03. The van der Waals surface area contributed by atoms with E-state index in [2.05, 4.69) is 10.3 Å². The minimum atomic E-state index is -0.651. The van der Waals surface area contributed by atoms with Gasteiger partial charge in [-0.2, -0.15) is 0 Å². The van der Waals surface area contributed by atoms with E-state index in [1.54, 1.807) is 0 Å². The van der Waals surface area contributed by atoms with Gasteiger partial charge in [-0.15, -0.1) is 0 Å². The van der Waals surface area contributed by atoms with E-state index in [1.165, 1.54) is 24.3 Å². The Morgan fingerprint density at radius 3 is 2.75 bits per heavy atom. The summed E-state index contributed by atoms with van der Waals surface area (Å²) >= 11 is 5.68. The highest BCUT2D eigenvalue weighted by atomic mass is 35.5. The molecule has 0 atom stereocenters. The molecule has 0 aliphatic heterocycles. The van der Waals surface area contributed by atoms with Crippen molar-refractivity contribution in [1.29, 1.82) is 0 Å². The first-order chi connectivity index (χ1) is 9.52. The molecule has 0 bridgehead atoms. The topological polar surface area (TPSA) is 68.1 Å². The molecule has 0 saturated heterocycles. The summed E-state index contributed by atoms with van der Waals surface area (Å²) in [6.07, 6.45) is 0. The maximum Gasteiger partial charge on any atom is 0.295 e. The minimum Gasteiger partial charge on any atom is -0.370 e. The van der Waals surface area contributed by atoms with Crippen molar-refractivity contribution >= 4 is 23.1 Å². The molecule has 2 rings (SSSR count). The molecule has 1 aromatic heterocycles. The van der Waals surface area contributed by atoms with Gasteiger partial charge in [-0.25, -0.2) is 9.37 Å². The summed E-state index contributed by atoms with van der Waals surface area (Å²) in [4.78, 5) is 14.6. The monoisotopic (exact) mass is 295 g/mol. The number of nitrogens with one attached hydrogen (secondary N) is 1. The van der Waals surface area contributed by atoms with Gasteiger partial charge in [0.2, 0.25) is 0 Å². The number of aromatic nitrogens is 1. The van der Waals surface area contributed by atoms with E-state index in [0.717, 1.165) is 6.07 Å². The first-order valence-electron chi connectivity index (χ1n) is 5.87. The maximum atomic E-state index is 13.9. The Morgan fingerprint density at radius 1 is 1.40 bits per heavy atom. The molecule has 104 valence electrons. The van der Waals surface area contributed by atoms with E-state index in [9.17, 15) is 14.5 Å². The Labute approximate surface area is 119 Å². The Balaban J connectivity index is 2.62. The van der Waals surface area contributed by atoms with Gasteiger partial charge >= 0.3 is 0 Å². The molecule has 5 nitrogen and oxygen atoms in total. The van der Waals surface area contributed by atoms with Crippen molar-refractivity contribution in [3.05, 3.63) is 51.3 Å². The fourth-order valence-electron chi connectivity index (χ4n) is 1.76. The predicted octanol–water partition coefficient (Wildman–Crippen LogP) is 3.88. The maximum absolute atomic E-state index is 13.9. The van der Waals surface area contributed by atoms with Crippen LogP contribution in [0.3, 0.4) is 0 Å². The van der Waals surface area contributed by atoms with E-state index in [4.69, 9.17) is 11.6 Å². The molecule has 7 heteroatoms. The average Bonchev–Trinajstić information content (AvgIpc) is 2.38. The normalized spacial score (nSPS) is 10.3. The fraction of sp³-hybridized carbons (Fsp3) is 0.154. The molecule has 0 fully saturated rings. The van der Waals surface area contributed by atoms with Gasteiger partial charge in [0.1, 0.15) is 11.6 Å². The van der Waals surface area contributed by atoms with Crippen molar-refractivity contribution in [2.75, 3.05) is 11.9 Å². The van der Waals surface area contributed by atoms with E-state index in [1.807, 2.05) is 6.92 Å². The van der Waals surface area contributed by atoms with Crippen LogP contribution in [0.15, 0.2) is 30.3 Å². The summed E-state index contributed by atoms with van der Waals surface area (Å²) in [5.41, 5.74) is -0.239. The van der Waals surface area contributed by atoms with E-state index in [-0.39, 0.29) is 22.0 Å². The SMILES string of the molecule is CCNc1ccc([N+](=O)[O-])c(-c2ccc(Cl)cc2F)n1. The van der Waals surface area contributed by atoms with Crippen LogP contribution in [0.25, 0.3) is 11.3 Å². The molecular weight excluding hydrogens is 285 g/mol. The molecule has 0 unspecified atom stereocenters. The van der Waals surface area contributed by atoms with Crippen molar-refractivity contribution < 1.29 is 9.31 Å². The second-order valence-electron chi connectivity index (χ2n) is 3.98. The summed E-state index contributed by atoms with van der Waals surface area (Å²) in [7, 11) is 0. The molecule has 0 aliphatic carbocycles. The average molecular weight is 296 g/mol. The zero-order valence-electron chi connectivity index (χ0n) is 10.6. The summed E-state index contributed by atoms with van der Waals surface area (Å²) < 4.78 is 13.9. The summed E-state index contributed by atoms with van der Waals surface area (Å²) in [6.45, 7) is 2.47. The highest BCUT2D eigenvalue weighted by Crippen LogP contribution is 2.32. The first kappa shape index (κ1) is 14.2. The van der Waals surface area contributed by atoms with Crippen LogP contribution < -0.4 is 5.32 Å². The van der Waals surface area contributed by atoms with Crippen molar-refractivity contribution in [3.63, 3.8) is 0 Å². The van der Waals surface area contributed by atoms with Crippen LogP contribution >= 0.6 is 11.6 Å². The lowest BCUT2D eigenvalue weighted by atomic mass is 10.1. The second-order valence-corrected chi connectivity index (χ2v) is 4.41. The van der Waals surface area contributed by atoms with Crippen LogP contribution in [-0.4, -0.2) is 16.5 Å². The summed E-state index contributed by atoms with van der Waals surface area (Å²) in [5, 5.41) is 14.2. The summed E-state index contributed by atoms with van der Waals surface area (Å²) in [5.74, 6) is -0.204. The number of pyridine rings is 1. The zero-order valence-corrected chi connectivity index (χ0v) is 11.3. The van der Waals surface area contributed by atoms with Crippen molar-refractivity contribution in [1.82, 2.24) is 4.98 Å². The van der Waals surface area contributed by atoms with E-state index >= 15 is 0 Å². The van der Waals surface area contributed by atoms with Gasteiger partial charge in [-0.1, -0.05) is 11.6 Å². The first-order valence-corrected chi connectivity index (χ1v) is 6.25. The molecule has 0 aliphatic rings. The molecule has 1 heterocycles. The molecule has 20 heavy (non-hydrogen) atoms. The number of anilines is 1. The lowest BCUT2D eigenvalue weighted by molar-refractivity contribution is -0.384. The molecule has 1 aromatic carbocycles. The van der Waals surface area contributed by atoms with Gasteiger partial charge in [0.25, 0.3) is 5.69 Å². The third-order valence-electron chi connectivity index (χ3n) is 2.61. The largest absolute Gasteiger partial charge is 0.370 e. The van der Waals surface area contributed by atoms with Crippen LogP contribution in [0.5, 0.6) is 0 Å². The third-order valence-corrected chi connectivity index (χ3v) is 2.85. The number of benzene rings is 1. The Kier molecular flexibility index (Phi) is 4.14. The van der Waals surface area contributed by atoms with E-state index in [0.29, 0.717) is 12.4 Å². The smallest absolute Gasteiger partial charge is 0.295 e. The molecule has 0 amide bonds. The molecule has 1 N–H and O–H groups in total. The van der Waals surface area contributed by atoms with Crippen LogP contribution in [-0.2, 0) is 0 Å². The lowest BCUT2D eigenvalue weighted by Gasteiger charge is -2.07. The number of hydrogen-bond acceptors (Lipinski definition) is 4. The quantitative estimate of drug-likeness (QED) is 0.686. The zero-order chi connectivity index (χ0) is 14.7. The third kappa shape index (κ3) is 2.85. The number of hydrogen-bond donors (Lipinski definition) is 1. The van der Waals surface area contributed by atoms with Gasteiger partial charge in [-0.05, 0) is 31.2 Å². The van der Waals surface area contributed by atoms with Gasteiger partial charge < -0.3 is 5.32 Å². The van der Waals surface area contributed by atoms with E-state index < -0.39 is 10.7 Å². The van der Waals surface area contributed by atoms with Crippen LogP contribution in [0.4, 0.5) is 15.9 Å². The standard InChI is InChI=1S/C13H11ClFN3O2/c1-2-16-12-6-5-11(18(19)20)13(17-12)9-4-3-8(14)7-10(9)15/h3-7H,2H2,1H3,(H,16,17). The van der Waals surface area contributed by atoms with Crippen molar-refractivity contribution in [2.45, 2.75) is 6.92 Å². The number of nitrogens with zero attached hydrogens (tertiary/aromatic N) is 2. The van der Waals surface area contributed by atoms with Crippen LogP contribution in [0, 0.1) is 15.9 Å².